The van der Waals surface area contributed by atoms with Crippen molar-refractivity contribution in [2.24, 2.45) is 10.9 Å². The molecule has 2 N–H and O–H groups in total. The Labute approximate surface area is 138 Å². The summed E-state index contributed by atoms with van der Waals surface area (Å²) in [6.45, 7) is 6.25. The minimum atomic E-state index is -0.174. The van der Waals surface area contributed by atoms with Gasteiger partial charge in [-0.15, -0.1) is 0 Å². The van der Waals surface area contributed by atoms with Gasteiger partial charge in [-0.3, -0.25) is 4.99 Å². The topological polar surface area (TPSA) is 45.7 Å². The largest absolute Gasteiger partial charge is 0.381 e. The average Bonchev–Trinajstić information content (AvgIpc) is 3.36. The molecule has 0 amide bonds. The Morgan fingerprint density at radius 3 is 2.87 bits per heavy atom. The maximum absolute atomic E-state index is 13.7. The number of nitrogens with zero attached hydrogens (tertiary/aromatic N) is 1. The van der Waals surface area contributed by atoms with Crippen molar-refractivity contribution in [1.82, 2.24) is 10.6 Å². The summed E-state index contributed by atoms with van der Waals surface area (Å²) in [5.74, 6) is 1.36. The smallest absolute Gasteiger partial charge is 0.191 e. The molecule has 1 unspecified atom stereocenters. The molecule has 1 aliphatic rings. The summed E-state index contributed by atoms with van der Waals surface area (Å²) < 4.78 is 19.3. The molecule has 0 spiro atoms. The fraction of sp³-hybridized carbons (Fsp3) is 0.611. The Morgan fingerprint density at radius 1 is 1.43 bits per heavy atom. The first kappa shape index (κ1) is 17.7. The molecule has 0 aromatic heterocycles. The van der Waals surface area contributed by atoms with Crippen LogP contribution in [-0.4, -0.2) is 32.8 Å². The minimum Gasteiger partial charge on any atom is -0.381 e. The Kier molecular flexibility index (Phi) is 6.84. The number of aliphatic imine (C=N–C) groups is 1. The Morgan fingerprint density at radius 2 is 2.22 bits per heavy atom. The van der Waals surface area contributed by atoms with Gasteiger partial charge in [-0.25, -0.2) is 4.39 Å². The van der Waals surface area contributed by atoms with E-state index in [0.717, 1.165) is 43.6 Å². The summed E-state index contributed by atoms with van der Waals surface area (Å²) in [4.78, 5) is 4.21. The summed E-state index contributed by atoms with van der Waals surface area (Å²) in [5, 5.41) is 6.55. The van der Waals surface area contributed by atoms with Gasteiger partial charge in [0, 0.05) is 26.8 Å². The van der Waals surface area contributed by atoms with Crippen LogP contribution in [0, 0.1) is 18.7 Å². The summed E-state index contributed by atoms with van der Waals surface area (Å²) in [5.41, 5.74) is 1.57. The van der Waals surface area contributed by atoms with Crippen LogP contribution < -0.4 is 10.6 Å². The van der Waals surface area contributed by atoms with Crippen molar-refractivity contribution in [3.63, 3.8) is 0 Å². The van der Waals surface area contributed by atoms with E-state index in [1.807, 2.05) is 13.0 Å². The first-order chi connectivity index (χ1) is 11.1. The van der Waals surface area contributed by atoms with Crippen LogP contribution in [0.1, 0.15) is 43.4 Å². The molecule has 4 nitrogen and oxygen atoms in total. The fourth-order valence-corrected chi connectivity index (χ4v) is 2.28. The predicted molar refractivity (Wildman–Crippen MR) is 92.2 cm³/mol. The number of guanidine groups is 1. The van der Waals surface area contributed by atoms with E-state index in [-0.39, 0.29) is 11.9 Å². The highest BCUT2D eigenvalue weighted by Crippen LogP contribution is 2.28. The lowest BCUT2D eigenvalue weighted by atomic mass is 10.1. The molecule has 1 atom stereocenters. The number of nitrogens with one attached hydrogen (secondary N) is 2. The predicted octanol–water partition coefficient (Wildman–Crippen LogP) is 3.18. The second-order valence-electron chi connectivity index (χ2n) is 6.25. The van der Waals surface area contributed by atoms with E-state index < -0.39 is 0 Å². The van der Waals surface area contributed by atoms with Gasteiger partial charge in [0.1, 0.15) is 5.82 Å². The highest BCUT2D eigenvalue weighted by molar-refractivity contribution is 5.80. The number of aryl methyl sites for hydroxylation is 1. The zero-order valence-corrected chi connectivity index (χ0v) is 14.4. The van der Waals surface area contributed by atoms with E-state index in [1.54, 1.807) is 26.1 Å². The molecule has 0 bridgehead atoms. The van der Waals surface area contributed by atoms with Crippen LogP contribution in [0.25, 0.3) is 0 Å². The molecule has 128 valence electrons. The number of ether oxygens (including phenoxy) is 1. The second kappa shape index (κ2) is 8.87. The molecule has 2 rings (SSSR count). The molecule has 0 saturated heterocycles. The first-order valence-electron chi connectivity index (χ1n) is 8.41. The van der Waals surface area contributed by atoms with E-state index >= 15 is 0 Å². The van der Waals surface area contributed by atoms with Crippen LogP contribution in [0.5, 0.6) is 0 Å². The molecule has 1 fully saturated rings. The number of rotatable bonds is 8. The summed E-state index contributed by atoms with van der Waals surface area (Å²) in [6, 6.07) is 5.31. The van der Waals surface area contributed by atoms with Gasteiger partial charge in [-0.2, -0.15) is 0 Å². The fourth-order valence-electron chi connectivity index (χ4n) is 2.28. The Balaban J connectivity index is 1.69. The van der Waals surface area contributed by atoms with Crippen LogP contribution in [0.4, 0.5) is 4.39 Å². The van der Waals surface area contributed by atoms with Crippen molar-refractivity contribution in [2.45, 2.75) is 39.2 Å². The van der Waals surface area contributed by atoms with Crippen molar-refractivity contribution in [2.75, 3.05) is 26.8 Å². The van der Waals surface area contributed by atoms with Crippen LogP contribution in [0.15, 0.2) is 23.2 Å². The van der Waals surface area contributed by atoms with Crippen molar-refractivity contribution in [1.29, 1.82) is 0 Å². The SMILES string of the molecule is CN=C(NCCCOCC1CC1)NC(C)c1ccc(C)c(F)c1. The molecule has 0 aliphatic heterocycles. The van der Waals surface area contributed by atoms with E-state index in [1.165, 1.54) is 12.8 Å². The van der Waals surface area contributed by atoms with Gasteiger partial charge in [-0.05, 0) is 56.2 Å². The molecule has 1 saturated carbocycles. The molecule has 0 heterocycles. The van der Waals surface area contributed by atoms with Gasteiger partial charge in [0.05, 0.1) is 6.04 Å². The maximum Gasteiger partial charge on any atom is 0.191 e. The molecule has 1 aromatic carbocycles. The third kappa shape index (κ3) is 6.18. The number of halogens is 1. The number of hydrogen-bond donors (Lipinski definition) is 2. The molecule has 0 radical (unpaired) electrons. The van der Waals surface area contributed by atoms with E-state index in [0.29, 0.717) is 5.56 Å². The van der Waals surface area contributed by atoms with E-state index in [9.17, 15) is 4.39 Å². The first-order valence-corrected chi connectivity index (χ1v) is 8.41. The van der Waals surface area contributed by atoms with Crippen LogP contribution in [0.2, 0.25) is 0 Å². The zero-order valence-electron chi connectivity index (χ0n) is 14.4. The lowest BCUT2D eigenvalue weighted by molar-refractivity contribution is 0.123. The van der Waals surface area contributed by atoms with Gasteiger partial charge in [0.15, 0.2) is 5.96 Å². The van der Waals surface area contributed by atoms with Crippen molar-refractivity contribution in [3.8, 4) is 0 Å². The molecule has 1 aliphatic carbocycles. The molecule has 5 heteroatoms. The number of benzene rings is 1. The molecular formula is C18H28FN3O. The van der Waals surface area contributed by atoms with Gasteiger partial charge >= 0.3 is 0 Å². The summed E-state index contributed by atoms with van der Waals surface area (Å²) in [6.07, 6.45) is 3.60. The van der Waals surface area contributed by atoms with Gasteiger partial charge < -0.3 is 15.4 Å². The Hall–Kier alpha value is -1.62. The molecular weight excluding hydrogens is 293 g/mol. The summed E-state index contributed by atoms with van der Waals surface area (Å²) >= 11 is 0. The average molecular weight is 321 g/mol. The normalized spacial score (nSPS) is 16.3. The van der Waals surface area contributed by atoms with Crippen molar-refractivity contribution < 1.29 is 9.13 Å². The van der Waals surface area contributed by atoms with Gasteiger partial charge in [0.2, 0.25) is 0 Å². The van der Waals surface area contributed by atoms with Crippen molar-refractivity contribution in [3.05, 3.63) is 35.1 Å². The molecule has 23 heavy (non-hydrogen) atoms. The third-order valence-corrected chi connectivity index (χ3v) is 4.08. The summed E-state index contributed by atoms with van der Waals surface area (Å²) in [7, 11) is 1.74. The van der Waals surface area contributed by atoms with E-state index in [2.05, 4.69) is 15.6 Å². The highest BCUT2D eigenvalue weighted by atomic mass is 19.1. The van der Waals surface area contributed by atoms with Crippen LogP contribution in [0.3, 0.4) is 0 Å². The lowest BCUT2D eigenvalue weighted by Crippen LogP contribution is -2.39. The zero-order chi connectivity index (χ0) is 16.7. The third-order valence-electron chi connectivity index (χ3n) is 4.08. The van der Waals surface area contributed by atoms with Crippen LogP contribution in [-0.2, 0) is 4.74 Å². The molecule has 1 aromatic rings. The second-order valence-corrected chi connectivity index (χ2v) is 6.25. The van der Waals surface area contributed by atoms with Crippen LogP contribution >= 0.6 is 0 Å². The highest BCUT2D eigenvalue weighted by Gasteiger charge is 2.20. The van der Waals surface area contributed by atoms with Gasteiger partial charge in [0.25, 0.3) is 0 Å². The van der Waals surface area contributed by atoms with Crippen molar-refractivity contribution >= 4 is 5.96 Å². The lowest BCUT2D eigenvalue weighted by Gasteiger charge is -2.18. The van der Waals surface area contributed by atoms with E-state index in [4.69, 9.17) is 4.74 Å². The standard InChI is InChI=1S/C18H28FN3O/c1-13-5-8-16(11-17(13)19)14(2)22-18(20-3)21-9-4-10-23-12-15-6-7-15/h5,8,11,14-15H,4,6-7,9-10,12H2,1-3H3,(H2,20,21,22). The minimum absolute atomic E-state index is 0.0117. The monoisotopic (exact) mass is 321 g/mol. The Bertz CT molecular complexity index is 529. The number of hydrogen-bond acceptors (Lipinski definition) is 2. The maximum atomic E-state index is 13.7. The quantitative estimate of drug-likeness (QED) is 0.439. The van der Waals surface area contributed by atoms with Gasteiger partial charge in [-0.1, -0.05) is 12.1 Å².